The zero-order chi connectivity index (χ0) is 15.0. The van der Waals surface area contributed by atoms with Gasteiger partial charge in [-0.25, -0.2) is 0 Å². The molecule has 1 saturated heterocycles. The molecule has 1 aliphatic heterocycles. The van der Waals surface area contributed by atoms with Gasteiger partial charge in [0.25, 0.3) is 0 Å². The normalized spacial score (nSPS) is 30.4. The van der Waals surface area contributed by atoms with Gasteiger partial charge >= 0.3 is 8.56 Å². The van der Waals surface area contributed by atoms with Gasteiger partial charge in [0.1, 0.15) is 0 Å². The Hall–Kier alpha value is 0.531. The zero-order valence-corrected chi connectivity index (χ0v) is 17.0. The SMILES string of the molecule is C[Si](C)O[Si](C)(C)O[Si](C)(C)CCC1CCC2OC2C1. The molecule has 0 aromatic carbocycles. The van der Waals surface area contributed by atoms with Crippen LogP contribution in [-0.2, 0) is 13.0 Å². The van der Waals surface area contributed by atoms with E-state index < -0.39 is 25.9 Å². The summed E-state index contributed by atoms with van der Waals surface area (Å²) in [5, 5.41) is 0. The third-order valence-electron chi connectivity index (χ3n) is 4.24. The van der Waals surface area contributed by atoms with Crippen LogP contribution in [0.4, 0.5) is 0 Å². The Kier molecular flexibility index (Phi) is 5.35. The van der Waals surface area contributed by atoms with Crippen molar-refractivity contribution in [3.63, 3.8) is 0 Å². The molecule has 2 rings (SSSR count). The summed E-state index contributed by atoms with van der Waals surface area (Å²) in [5.74, 6) is 0.872. The number of fused-ring (bicyclic) bond motifs is 1. The van der Waals surface area contributed by atoms with Gasteiger partial charge in [0.05, 0.1) is 12.2 Å². The van der Waals surface area contributed by atoms with E-state index in [2.05, 4.69) is 39.3 Å². The topological polar surface area (TPSA) is 31.0 Å². The van der Waals surface area contributed by atoms with Gasteiger partial charge in [-0.2, -0.15) is 0 Å². The van der Waals surface area contributed by atoms with Crippen LogP contribution in [0, 0.1) is 5.92 Å². The Morgan fingerprint density at radius 3 is 2.40 bits per heavy atom. The first-order valence-electron chi connectivity index (χ1n) is 8.02. The Balaban J connectivity index is 1.74. The molecule has 1 saturated carbocycles. The van der Waals surface area contributed by atoms with E-state index in [1.54, 1.807) is 0 Å². The molecule has 6 heteroatoms. The minimum absolute atomic E-state index is 0.610. The molecular formula is C14H31O3Si3. The van der Waals surface area contributed by atoms with Crippen LogP contribution in [0.2, 0.25) is 45.3 Å². The molecule has 1 aliphatic carbocycles. The van der Waals surface area contributed by atoms with Crippen molar-refractivity contribution >= 4 is 25.9 Å². The molecule has 0 amide bonds. The smallest absolute Gasteiger partial charge is 0.311 e. The van der Waals surface area contributed by atoms with Crippen molar-refractivity contribution in [2.24, 2.45) is 5.92 Å². The molecule has 0 spiro atoms. The van der Waals surface area contributed by atoms with E-state index in [1.165, 1.54) is 31.7 Å². The average molecular weight is 332 g/mol. The first kappa shape index (κ1) is 16.9. The summed E-state index contributed by atoms with van der Waals surface area (Å²) in [6.45, 7) is 13.5. The van der Waals surface area contributed by atoms with Gasteiger partial charge < -0.3 is 13.0 Å². The number of hydrogen-bond acceptors (Lipinski definition) is 3. The maximum absolute atomic E-state index is 6.51. The van der Waals surface area contributed by atoms with Crippen molar-refractivity contribution in [2.75, 3.05) is 0 Å². The molecule has 3 atom stereocenters. The number of epoxide rings is 1. The molecule has 0 bridgehead atoms. The molecule has 0 N–H and O–H groups in total. The Bertz CT molecular complexity index is 334. The van der Waals surface area contributed by atoms with E-state index in [1.807, 2.05) is 0 Å². The first-order valence-corrected chi connectivity index (χ1v) is 16.4. The minimum Gasteiger partial charge on any atom is -0.437 e. The van der Waals surface area contributed by atoms with Crippen molar-refractivity contribution in [3.05, 3.63) is 0 Å². The second-order valence-corrected chi connectivity index (χ2v) is 18.0. The lowest BCUT2D eigenvalue weighted by molar-refractivity contribution is 0.351. The van der Waals surface area contributed by atoms with Crippen LogP contribution in [-0.4, -0.2) is 38.1 Å². The fourth-order valence-corrected chi connectivity index (χ4v) is 14.8. The third kappa shape index (κ3) is 5.38. The summed E-state index contributed by atoms with van der Waals surface area (Å²) in [6, 6.07) is 1.27. The number of ether oxygens (including phenoxy) is 1. The van der Waals surface area contributed by atoms with E-state index in [0.29, 0.717) is 12.2 Å². The second kappa shape index (κ2) is 6.34. The predicted octanol–water partition coefficient (Wildman–Crippen LogP) is 4.14. The minimum atomic E-state index is -1.91. The first-order chi connectivity index (χ1) is 9.17. The molecule has 1 heterocycles. The van der Waals surface area contributed by atoms with Crippen molar-refractivity contribution in [1.29, 1.82) is 0 Å². The van der Waals surface area contributed by atoms with Gasteiger partial charge in [0.2, 0.25) is 0 Å². The van der Waals surface area contributed by atoms with Crippen LogP contribution < -0.4 is 0 Å². The van der Waals surface area contributed by atoms with Crippen LogP contribution in [0.15, 0.2) is 0 Å². The third-order valence-corrected chi connectivity index (χ3v) is 13.5. The number of hydrogen-bond donors (Lipinski definition) is 0. The quantitative estimate of drug-likeness (QED) is 0.519. The molecule has 1 radical (unpaired) electrons. The molecule has 0 aromatic heterocycles. The van der Waals surface area contributed by atoms with Crippen molar-refractivity contribution in [3.8, 4) is 0 Å². The molecule has 3 nitrogen and oxygen atoms in total. The lowest BCUT2D eigenvalue weighted by Crippen LogP contribution is -2.48. The highest BCUT2D eigenvalue weighted by Crippen LogP contribution is 2.41. The van der Waals surface area contributed by atoms with Gasteiger partial charge in [0.15, 0.2) is 17.4 Å². The van der Waals surface area contributed by atoms with Gasteiger partial charge in [-0.3, -0.25) is 0 Å². The van der Waals surface area contributed by atoms with E-state index in [0.717, 1.165) is 5.92 Å². The van der Waals surface area contributed by atoms with Crippen LogP contribution >= 0.6 is 0 Å². The van der Waals surface area contributed by atoms with E-state index >= 15 is 0 Å². The van der Waals surface area contributed by atoms with E-state index in [9.17, 15) is 0 Å². The lowest BCUT2D eigenvalue weighted by Gasteiger charge is -2.35. The molecule has 2 aliphatic rings. The second-order valence-electron chi connectivity index (χ2n) is 7.70. The maximum atomic E-state index is 6.51. The Labute approximate surface area is 128 Å². The summed E-state index contributed by atoms with van der Waals surface area (Å²) >= 11 is 0. The molecular weight excluding hydrogens is 300 g/mol. The van der Waals surface area contributed by atoms with Gasteiger partial charge in [-0.15, -0.1) is 0 Å². The molecule has 20 heavy (non-hydrogen) atoms. The summed E-state index contributed by atoms with van der Waals surface area (Å²) < 4.78 is 18.3. The van der Waals surface area contributed by atoms with Crippen molar-refractivity contribution < 1.29 is 13.0 Å². The van der Waals surface area contributed by atoms with Gasteiger partial charge in [0, 0.05) is 0 Å². The summed E-state index contributed by atoms with van der Waals surface area (Å²) in [4.78, 5) is 0. The Morgan fingerprint density at radius 1 is 1.10 bits per heavy atom. The van der Waals surface area contributed by atoms with E-state index in [4.69, 9.17) is 13.0 Å². The van der Waals surface area contributed by atoms with Crippen molar-refractivity contribution in [1.82, 2.24) is 0 Å². The van der Waals surface area contributed by atoms with Gasteiger partial charge in [-0.05, 0) is 70.5 Å². The summed E-state index contributed by atoms with van der Waals surface area (Å²) in [7, 11) is -4.15. The summed E-state index contributed by atoms with van der Waals surface area (Å²) in [5.41, 5.74) is 0. The zero-order valence-electron chi connectivity index (χ0n) is 14.0. The molecule has 0 aromatic rings. The fourth-order valence-electron chi connectivity index (χ4n) is 3.53. The standard InChI is InChI=1S/C14H31O3Si3/c1-18(2)16-20(5,6)17-19(3,4)10-9-12-7-8-13-14(11-12)15-13/h12-14H,7-11H2,1-6H3. The fraction of sp³-hybridized carbons (Fsp3) is 1.00. The predicted molar refractivity (Wildman–Crippen MR) is 90.0 cm³/mol. The van der Waals surface area contributed by atoms with E-state index in [-0.39, 0.29) is 0 Å². The molecule has 3 unspecified atom stereocenters. The average Bonchev–Trinajstić information content (AvgIpc) is 3.00. The van der Waals surface area contributed by atoms with Crippen molar-refractivity contribution in [2.45, 2.75) is 83.2 Å². The highest BCUT2D eigenvalue weighted by Gasteiger charge is 2.44. The number of rotatable bonds is 7. The van der Waals surface area contributed by atoms with Crippen LogP contribution in [0.25, 0.3) is 0 Å². The van der Waals surface area contributed by atoms with Crippen LogP contribution in [0.1, 0.15) is 25.7 Å². The monoisotopic (exact) mass is 331 g/mol. The highest BCUT2D eigenvalue weighted by molar-refractivity contribution is 6.84. The summed E-state index contributed by atoms with van der Waals surface area (Å²) in [6.07, 6.45) is 6.51. The highest BCUT2D eigenvalue weighted by atomic mass is 28.5. The maximum Gasteiger partial charge on any atom is 0.311 e. The molecule has 117 valence electrons. The van der Waals surface area contributed by atoms with Crippen LogP contribution in [0.5, 0.6) is 0 Å². The largest absolute Gasteiger partial charge is 0.437 e. The Morgan fingerprint density at radius 2 is 1.80 bits per heavy atom. The molecule has 2 fully saturated rings. The van der Waals surface area contributed by atoms with Gasteiger partial charge in [-0.1, -0.05) is 6.42 Å². The lowest BCUT2D eigenvalue weighted by atomic mass is 9.88. The van der Waals surface area contributed by atoms with Crippen LogP contribution in [0.3, 0.4) is 0 Å².